The van der Waals surface area contributed by atoms with Gasteiger partial charge >= 0.3 is 0 Å². The maximum atomic E-state index is 12.9. The molecule has 0 spiro atoms. The number of hydrogen-bond acceptors (Lipinski definition) is 3. The van der Waals surface area contributed by atoms with Gasteiger partial charge in [-0.1, -0.05) is 29.8 Å². The molecule has 23 heavy (non-hydrogen) atoms. The van der Waals surface area contributed by atoms with Gasteiger partial charge in [0, 0.05) is 30.5 Å². The van der Waals surface area contributed by atoms with Crippen LogP contribution < -0.4 is 5.32 Å². The third kappa shape index (κ3) is 3.59. The van der Waals surface area contributed by atoms with E-state index in [-0.39, 0.29) is 11.7 Å². The molecule has 4 nitrogen and oxygen atoms in total. The molecular weight excluding hydrogens is 312 g/mol. The van der Waals surface area contributed by atoms with E-state index in [1.54, 1.807) is 18.0 Å². The largest absolute Gasteiger partial charge is 0.329 e. The molecule has 1 fully saturated rings. The van der Waals surface area contributed by atoms with Crippen LogP contribution in [0.1, 0.15) is 44.1 Å². The molecule has 5 heteroatoms. The van der Waals surface area contributed by atoms with Crippen molar-refractivity contribution in [2.45, 2.75) is 44.1 Å². The number of halogens is 1. The average molecular weight is 337 g/mol. The Labute approximate surface area is 143 Å². The highest BCUT2D eigenvalue weighted by Crippen LogP contribution is 2.42. The summed E-state index contributed by atoms with van der Waals surface area (Å²) in [7, 11) is 3.61. The molecular formula is C18H25ClN2O2. The second-order valence-corrected chi connectivity index (χ2v) is 6.54. The van der Waals surface area contributed by atoms with E-state index in [9.17, 15) is 9.59 Å². The lowest BCUT2D eigenvalue weighted by Crippen LogP contribution is -2.54. The van der Waals surface area contributed by atoms with E-state index < -0.39 is 5.54 Å². The summed E-state index contributed by atoms with van der Waals surface area (Å²) in [6.45, 7) is 0.784. The number of benzene rings is 1. The summed E-state index contributed by atoms with van der Waals surface area (Å²) in [4.78, 5) is 27.2. The van der Waals surface area contributed by atoms with E-state index in [4.69, 9.17) is 11.6 Å². The number of carbonyl (C=O) groups excluding carboxylic acids is 2. The van der Waals surface area contributed by atoms with Crippen LogP contribution in [0.25, 0.3) is 0 Å². The first-order valence-corrected chi connectivity index (χ1v) is 8.61. The first kappa shape index (κ1) is 18.0. The van der Waals surface area contributed by atoms with Gasteiger partial charge in [-0.3, -0.25) is 9.59 Å². The lowest BCUT2D eigenvalue weighted by Gasteiger charge is -2.44. The molecule has 0 aliphatic heterocycles. The molecule has 1 aliphatic rings. The molecule has 1 saturated carbocycles. The number of hydrogen-bond donors (Lipinski definition) is 1. The number of likely N-dealkylation sites (N-methyl/N-ethyl adjacent to an activating group) is 1. The molecule has 1 N–H and O–H groups in total. The molecule has 2 rings (SSSR count). The molecule has 1 aliphatic carbocycles. The van der Waals surface area contributed by atoms with Gasteiger partial charge in [0.1, 0.15) is 5.54 Å². The summed E-state index contributed by atoms with van der Waals surface area (Å²) in [6.07, 6.45) is 4.13. The van der Waals surface area contributed by atoms with Crippen LogP contribution in [0.3, 0.4) is 0 Å². The lowest BCUT2D eigenvalue weighted by molar-refractivity contribution is -0.148. The average Bonchev–Trinajstić information content (AvgIpc) is 2.56. The van der Waals surface area contributed by atoms with Gasteiger partial charge in [-0.25, -0.2) is 0 Å². The van der Waals surface area contributed by atoms with Gasteiger partial charge in [0.05, 0.1) is 0 Å². The molecule has 1 amide bonds. The second-order valence-electron chi connectivity index (χ2n) is 6.13. The maximum absolute atomic E-state index is 12.9. The van der Waals surface area contributed by atoms with Gasteiger partial charge in [-0.05, 0) is 45.3 Å². The van der Waals surface area contributed by atoms with E-state index in [1.807, 2.05) is 25.2 Å². The zero-order valence-corrected chi connectivity index (χ0v) is 14.7. The van der Waals surface area contributed by atoms with Crippen molar-refractivity contribution >= 4 is 23.3 Å². The number of nitrogens with one attached hydrogen (secondary N) is 1. The molecule has 0 saturated heterocycles. The fourth-order valence-electron chi connectivity index (χ4n) is 3.43. The van der Waals surface area contributed by atoms with Gasteiger partial charge in [0.25, 0.3) is 0 Å². The predicted molar refractivity (Wildman–Crippen MR) is 92.5 cm³/mol. The van der Waals surface area contributed by atoms with Crippen molar-refractivity contribution in [3.05, 3.63) is 34.9 Å². The Hall–Kier alpha value is -1.39. The summed E-state index contributed by atoms with van der Waals surface area (Å²) in [5, 5.41) is 3.60. The van der Waals surface area contributed by atoms with Gasteiger partial charge < -0.3 is 10.2 Å². The number of rotatable bonds is 6. The fraction of sp³-hybridized carbons (Fsp3) is 0.556. The summed E-state index contributed by atoms with van der Waals surface area (Å²) >= 11 is 6.39. The third-order valence-electron chi connectivity index (χ3n) is 4.74. The van der Waals surface area contributed by atoms with Gasteiger partial charge in [-0.2, -0.15) is 0 Å². The molecule has 1 aromatic rings. The lowest BCUT2D eigenvalue weighted by atomic mass is 9.74. The van der Waals surface area contributed by atoms with Crippen molar-refractivity contribution in [3.63, 3.8) is 0 Å². The number of amides is 1. The third-order valence-corrected chi connectivity index (χ3v) is 5.07. The molecule has 126 valence electrons. The van der Waals surface area contributed by atoms with E-state index in [0.717, 1.165) is 31.4 Å². The van der Waals surface area contributed by atoms with Crippen LogP contribution in [0.5, 0.6) is 0 Å². The quantitative estimate of drug-likeness (QED) is 0.812. The Morgan fingerprint density at radius 1 is 1.35 bits per heavy atom. The van der Waals surface area contributed by atoms with Crippen LogP contribution in [-0.2, 0) is 15.1 Å². The van der Waals surface area contributed by atoms with Crippen LogP contribution in [0.15, 0.2) is 24.3 Å². The molecule has 0 bridgehead atoms. The van der Waals surface area contributed by atoms with Crippen molar-refractivity contribution in [3.8, 4) is 0 Å². The minimum atomic E-state index is -0.909. The van der Waals surface area contributed by atoms with Crippen molar-refractivity contribution in [1.29, 1.82) is 0 Å². The normalized spacial score (nSPS) is 21.3. The van der Waals surface area contributed by atoms with Crippen molar-refractivity contribution in [2.75, 3.05) is 20.6 Å². The minimum absolute atomic E-state index is 0.00424. The second kappa shape index (κ2) is 7.93. The number of Topliss-reactive ketones (excluding diaryl/α,β-unsaturated/α-hetero) is 1. The molecule has 1 aromatic carbocycles. The Morgan fingerprint density at radius 3 is 2.74 bits per heavy atom. The highest BCUT2D eigenvalue weighted by molar-refractivity contribution is 6.31. The summed E-state index contributed by atoms with van der Waals surface area (Å²) < 4.78 is 0. The highest BCUT2D eigenvalue weighted by Gasteiger charge is 2.47. The highest BCUT2D eigenvalue weighted by atomic mass is 35.5. The van der Waals surface area contributed by atoms with Crippen LogP contribution >= 0.6 is 11.6 Å². The SMILES string of the molecule is CNCCCC(=O)N(C)[C@]1(c2ccccc2Cl)CCCCC1=O. The fourth-order valence-corrected chi connectivity index (χ4v) is 3.72. The topological polar surface area (TPSA) is 49.4 Å². The Bertz CT molecular complexity index is 576. The monoisotopic (exact) mass is 336 g/mol. The predicted octanol–water partition coefficient (Wildman–Crippen LogP) is 3.14. The summed E-state index contributed by atoms with van der Waals surface area (Å²) in [6, 6.07) is 7.40. The Morgan fingerprint density at radius 2 is 2.09 bits per heavy atom. The molecule has 0 heterocycles. The zero-order valence-electron chi connectivity index (χ0n) is 13.9. The van der Waals surface area contributed by atoms with Crippen LogP contribution in [0, 0.1) is 0 Å². The molecule has 1 atom stereocenters. The molecule has 0 radical (unpaired) electrons. The van der Waals surface area contributed by atoms with E-state index in [0.29, 0.717) is 24.3 Å². The van der Waals surface area contributed by atoms with E-state index in [1.165, 1.54) is 0 Å². The maximum Gasteiger partial charge on any atom is 0.223 e. The van der Waals surface area contributed by atoms with Gasteiger partial charge in [-0.15, -0.1) is 0 Å². The first-order chi connectivity index (χ1) is 11.0. The van der Waals surface area contributed by atoms with Crippen LogP contribution in [0.4, 0.5) is 0 Å². The van der Waals surface area contributed by atoms with Gasteiger partial charge in [0.2, 0.25) is 5.91 Å². The standard InChI is InChI=1S/C18H25ClN2O2/c1-20-13-7-11-17(23)21(2)18(12-6-5-10-16(18)22)14-8-3-4-9-15(14)19/h3-4,8-9,20H,5-7,10-13H2,1-2H3/t18-/m0/s1. The number of carbonyl (C=O) groups is 2. The van der Waals surface area contributed by atoms with Crippen LogP contribution in [0.2, 0.25) is 5.02 Å². The first-order valence-electron chi connectivity index (χ1n) is 8.23. The van der Waals surface area contributed by atoms with Crippen molar-refractivity contribution < 1.29 is 9.59 Å². The van der Waals surface area contributed by atoms with Crippen molar-refractivity contribution in [2.24, 2.45) is 0 Å². The summed E-state index contributed by atoms with van der Waals surface area (Å²) in [5.41, 5.74) is -0.149. The zero-order chi connectivity index (χ0) is 16.9. The number of ketones is 1. The van der Waals surface area contributed by atoms with Gasteiger partial charge in [0.15, 0.2) is 5.78 Å². The van der Waals surface area contributed by atoms with E-state index >= 15 is 0 Å². The Kier molecular flexibility index (Phi) is 6.19. The Balaban J connectivity index is 2.36. The van der Waals surface area contributed by atoms with Crippen molar-refractivity contribution in [1.82, 2.24) is 10.2 Å². The molecule has 0 aromatic heterocycles. The summed E-state index contributed by atoms with van der Waals surface area (Å²) in [5.74, 6) is 0.0942. The minimum Gasteiger partial charge on any atom is -0.329 e. The van der Waals surface area contributed by atoms with Crippen LogP contribution in [-0.4, -0.2) is 37.2 Å². The van der Waals surface area contributed by atoms with E-state index in [2.05, 4.69) is 5.32 Å². The number of nitrogens with zero attached hydrogens (tertiary/aromatic N) is 1. The molecule has 0 unspecified atom stereocenters. The smallest absolute Gasteiger partial charge is 0.223 e.